The molecule has 1 heterocycles. The molecule has 5 nitrogen and oxygen atoms in total. The predicted octanol–water partition coefficient (Wildman–Crippen LogP) is 1.72. The molecule has 2 aromatic rings. The van der Waals surface area contributed by atoms with Crippen LogP contribution in [-0.4, -0.2) is 23.6 Å². The minimum atomic E-state index is 0.396. The summed E-state index contributed by atoms with van der Waals surface area (Å²) in [6.45, 7) is 0.758. The van der Waals surface area contributed by atoms with Crippen LogP contribution in [0.1, 0.15) is 5.56 Å². The van der Waals surface area contributed by atoms with Crippen molar-refractivity contribution in [2.45, 2.75) is 6.42 Å². The number of ether oxygens (including phenoxy) is 1. The van der Waals surface area contributed by atoms with Crippen molar-refractivity contribution in [2.24, 2.45) is 0 Å². The summed E-state index contributed by atoms with van der Waals surface area (Å²) in [5, 5.41) is 3.18. The van der Waals surface area contributed by atoms with Crippen LogP contribution in [0.25, 0.3) is 0 Å². The van der Waals surface area contributed by atoms with E-state index in [1.807, 2.05) is 18.2 Å². The number of nitrogens with two attached hydrogens (primary N) is 1. The summed E-state index contributed by atoms with van der Waals surface area (Å²) in [5.41, 5.74) is 7.57. The van der Waals surface area contributed by atoms with E-state index in [1.54, 1.807) is 0 Å². The molecule has 1 aromatic carbocycles. The van der Waals surface area contributed by atoms with Gasteiger partial charge in [-0.05, 0) is 12.0 Å². The molecule has 0 saturated carbocycles. The molecule has 94 valence electrons. The Morgan fingerprint density at radius 1 is 1.22 bits per heavy atom. The molecule has 0 aliphatic heterocycles. The number of methoxy groups -OCH3 is 1. The van der Waals surface area contributed by atoms with Crippen molar-refractivity contribution in [3.63, 3.8) is 0 Å². The van der Waals surface area contributed by atoms with Gasteiger partial charge in [0.2, 0.25) is 5.88 Å². The lowest BCUT2D eigenvalue weighted by atomic mass is 10.1. The molecule has 0 radical (unpaired) electrons. The first-order chi connectivity index (χ1) is 8.81. The zero-order valence-corrected chi connectivity index (χ0v) is 10.3. The van der Waals surface area contributed by atoms with Crippen LogP contribution in [0.4, 0.5) is 11.5 Å². The van der Waals surface area contributed by atoms with Crippen LogP contribution in [0.3, 0.4) is 0 Å². The maximum atomic E-state index is 5.86. The van der Waals surface area contributed by atoms with Crippen LogP contribution >= 0.6 is 0 Å². The van der Waals surface area contributed by atoms with Gasteiger partial charge in [0.25, 0.3) is 0 Å². The number of nitrogen functional groups attached to an aromatic ring is 1. The summed E-state index contributed by atoms with van der Waals surface area (Å²) in [6.07, 6.45) is 2.34. The summed E-state index contributed by atoms with van der Waals surface area (Å²) in [6, 6.07) is 10.2. The third kappa shape index (κ3) is 2.88. The highest BCUT2D eigenvalue weighted by molar-refractivity contribution is 5.66. The fraction of sp³-hybridized carbons (Fsp3) is 0.231. The van der Waals surface area contributed by atoms with Gasteiger partial charge >= 0.3 is 0 Å². The average molecular weight is 244 g/mol. The summed E-state index contributed by atoms with van der Waals surface area (Å²) in [5.74, 6) is 1.00. The number of anilines is 2. The van der Waals surface area contributed by atoms with Crippen LogP contribution in [0.5, 0.6) is 5.88 Å². The van der Waals surface area contributed by atoms with Gasteiger partial charge in [-0.3, -0.25) is 0 Å². The maximum absolute atomic E-state index is 5.86. The molecule has 0 fully saturated rings. The standard InChI is InChI=1S/C13H16N4O/c1-18-13-11(14)12(16-9-17-13)15-8-7-10-5-3-2-4-6-10/h2-6,9H,7-8,14H2,1H3,(H,15,16,17). The fourth-order valence-electron chi connectivity index (χ4n) is 1.65. The van der Waals surface area contributed by atoms with Crippen LogP contribution in [0.15, 0.2) is 36.7 Å². The molecule has 1 aromatic heterocycles. The Kier molecular flexibility index (Phi) is 3.96. The number of nitrogens with zero attached hydrogens (tertiary/aromatic N) is 2. The lowest BCUT2D eigenvalue weighted by Crippen LogP contribution is -2.09. The fourth-order valence-corrected chi connectivity index (χ4v) is 1.65. The lowest BCUT2D eigenvalue weighted by molar-refractivity contribution is 0.399. The molecule has 0 spiro atoms. The van der Waals surface area contributed by atoms with Gasteiger partial charge in [0.15, 0.2) is 5.82 Å². The van der Waals surface area contributed by atoms with Crippen LogP contribution in [0, 0.1) is 0 Å². The van der Waals surface area contributed by atoms with E-state index < -0.39 is 0 Å². The molecule has 0 unspecified atom stereocenters. The molecule has 3 N–H and O–H groups in total. The molecule has 0 atom stereocenters. The smallest absolute Gasteiger partial charge is 0.242 e. The van der Waals surface area contributed by atoms with Crippen molar-refractivity contribution in [1.82, 2.24) is 9.97 Å². The van der Waals surface area contributed by atoms with E-state index in [2.05, 4.69) is 27.4 Å². The molecule has 5 heteroatoms. The molecule has 2 rings (SSSR count). The maximum Gasteiger partial charge on any atom is 0.242 e. The summed E-state index contributed by atoms with van der Waals surface area (Å²) < 4.78 is 5.03. The van der Waals surface area contributed by atoms with E-state index in [9.17, 15) is 0 Å². The van der Waals surface area contributed by atoms with Gasteiger partial charge in [-0.1, -0.05) is 30.3 Å². The minimum absolute atomic E-state index is 0.396. The van der Waals surface area contributed by atoms with E-state index in [-0.39, 0.29) is 0 Å². The van der Waals surface area contributed by atoms with E-state index in [1.165, 1.54) is 19.0 Å². The van der Waals surface area contributed by atoms with Crippen molar-refractivity contribution >= 4 is 11.5 Å². The number of nitrogens with one attached hydrogen (secondary N) is 1. The Hall–Kier alpha value is -2.30. The number of benzene rings is 1. The minimum Gasteiger partial charge on any atom is -0.479 e. The molecule has 0 aliphatic rings. The van der Waals surface area contributed by atoms with Crippen LogP contribution < -0.4 is 15.8 Å². The van der Waals surface area contributed by atoms with Gasteiger partial charge in [-0.25, -0.2) is 4.98 Å². The topological polar surface area (TPSA) is 73.1 Å². The Morgan fingerprint density at radius 2 is 2.00 bits per heavy atom. The number of hydrogen-bond acceptors (Lipinski definition) is 5. The molecular weight excluding hydrogens is 228 g/mol. The van der Waals surface area contributed by atoms with Crippen LogP contribution in [0.2, 0.25) is 0 Å². The normalized spacial score (nSPS) is 10.1. The molecule has 0 bridgehead atoms. The second-order valence-corrected chi connectivity index (χ2v) is 3.81. The SMILES string of the molecule is COc1ncnc(NCCc2ccccc2)c1N. The third-order valence-electron chi connectivity index (χ3n) is 2.59. The molecule has 0 saturated heterocycles. The molecule has 0 amide bonds. The van der Waals surface area contributed by atoms with E-state index in [0.717, 1.165) is 13.0 Å². The van der Waals surface area contributed by atoms with Crippen LogP contribution in [-0.2, 0) is 6.42 Å². The van der Waals surface area contributed by atoms with Gasteiger partial charge in [-0.15, -0.1) is 0 Å². The number of rotatable bonds is 5. The van der Waals surface area contributed by atoms with Gasteiger partial charge in [0.1, 0.15) is 12.0 Å². The Labute approximate surface area is 106 Å². The van der Waals surface area contributed by atoms with Crippen molar-refractivity contribution in [3.05, 3.63) is 42.2 Å². The Morgan fingerprint density at radius 3 is 2.72 bits per heavy atom. The van der Waals surface area contributed by atoms with Gasteiger partial charge in [0, 0.05) is 6.54 Å². The Balaban J connectivity index is 1.95. The van der Waals surface area contributed by atoms with E-state index >= 15 is 0 Å². The molecular formula is C13H16N4O. The van der Waals surface area contributed by atoms with E-state index in [0.29, 0.717) is 17.4 Å². The van der Waals surface area contributed by atoms with Gasteiger partial charge in [-0.2, -0.15) is 4.98 Å². The largest absolute Gasteiger partial charge is 0.479 e. The average Bonchev–Trinajstić information content (AvgIpc) is 2.42. The highest BCUT2D eigenvalue weighted by Crippen LogP contribution is 2.23. The molecule has 18 heavy (non-hydrogen) atoms. The lowest BCUT2D eigenvalue weighted by Gasteiger charge is -2.09. The first kappa shape index (κ1) is 12.2. The predicted molar refractivity (Wildman–Crippen MR) is 71.6 cm³/mol. The highest BCUT2D eigenvalue weighted by atomic mass is 16.5. The highest BCUT2D eigenvalue weighted by Gasteiger charge is 2.07. The van der Waals surface area contributed by atoms with Crippen molar-refractivity contribution in [1.29, 1.82) is 0 Å². The second-order valence-electron chi connectivity index (χ2n) is 3.81. The monoisotopic (exact) mass is 244 g/mol. The second kappa shape index (κ2) is 5.86. The Bertz CT molecular complexity index is 502. The molecule has 0 aliphatic carbocycles. The number of hydrogen-bond donors (Lipinski definition) is 2. The first-order valence-electron chi connectivity index (χ1n) is 5.73. The van der Waals surface area contributed by atoms with Gasteiger partial charge in [0.05, 0.1) is 7.11 Å². The zero-order chi connectivity index (χ0) is 12.8. The first-order valence-corrected chi connectivity index (χ1v) is 5.73. The third-order valence-corrected chi connectivity index (χ3v) is 2.59. The quantitative estimate of drug-likeness (QED) is 0.837. The van der Waals surface area contributed by atoms with Crippen molar-refractivity contribution in [2.75, 3.05) is 24.7 Å². The van der Waals surface area contributed by atoms with Crippen molar-refractivity contribution in [3.8, 4) is 5.88 Å². The summed E-state index contributed by atoms with van der Waals surface area (Å²) in [7, 11) is 1.53. The van der Waals surface area contributed by atoms with Gasteiger partial charge < -0.3 is 15.8 Å². The van der Waals surface area contributed by atoms with E-state index in [4.69, 9.17) is 10.5 Å². The van der Waals surface area contributed by atoms with Crippen molar-refractivity contribution < 1.29 is 4.74 Å². The summed E-state index contributed by atoms with van der Waals surface area (Å²) in [4.78, 5) is 8.02. The number of aromatic nitrogens is 2. The zero-order valence-electron chi connectivity index (χ0n) is 10.3. The summed E-state index contributed by atoms with van der Waals surface area (Å²) >= 11 is 0.